The van der Waals surface area contributed by atoms with Crippen molar-refractivity contribution in [1.29, 1.82) is 0 Å². The van der Waals surface area contributed by atoms with E-state index in [0.717, 1.165) is 36.6 Å². The standard InChI is InChI=1S/C19H24N2O2/c1-4-13-6-8-16(21-12-13)18-14-7-9-17(22-3)19(23-5-2)15(14)10-11-20-18/h6-9,12,18,20H,4-5,10-11H2,1-3H3. The molecule has 4 heteroatoms. The van der Waals surface area contributed by atoms with Gasteiger partial charge < -0.3 is 14.8 Å². The Morgan fingerprint density at radius 2 is 2.09 bits per heavy atom. The van der Waals surface area contributed by atoms with E-state index in [2.05, 4.69) is 35.4 Å². The van der Waals surface area contributed by atoms with Crippen molar-refractivity contribution in [3.63, 3.8) is 0 Å². The average Bonchev–Trinajstić information content (AvgIpc) is 2.62. The minimum atomic E-state index is 0.106. The molecule has 1 N–H and O–H groups in total. The molecule has 0 saturated heterocycles. The van der Waals surface area contributed by atoms with Crippen LogP contribution < -0.4 is 14.8 Å². The molecule has 0 bridgehead atoms. The molecule has 23 heavy (non-hydrogen) atoms. The van der Waals surface area contributed by atoms with Gasteiger partial charge in [0, 0.05) is 18.3 Å². The van der Waals surface area contributed by atoms with Crippen molar-refractivity contribution in [3.05, 3.63) is 52.8 Å². The van der Waals surface area contributed by atoms with E-state index in [-0.39, 0.29) is 6.04 Å². The monoisotopic (exact) mass is 312 g/mol. The maximum Gasteiger partial charge on any atom is 0.164 e. The first-order chi connectivity index (χ1) is 11.3. The first kappa shape index (κ1) is 15.8. The number of pyridine rings is 1. The summed E-state index contributed by atoms with van der Waals surface area (Å²) in [7, 11) is 1.69. The van der Waals surface area contributed by atoms with Crippen LogP contribution in [0, 0.1) is 0 Å². The van der Waals surface area contributed by atoms with E-state index in [1.807, 2.05) is 19.2 Å². The van der Waals surface area contributed by atoms with Gasteiger partial charge in [0.2, 0.25) is 0 Å². The third-order valence-electron chi connectivity index (χ3n) is 4.36. The second kappa shape index (κ2) is 7.01. The first-order valence-corrected chi connectivity index (χ1v) is 8.29. The van der Waals surface area contributed by atoms with Crippen LogP contribution in [-0.4, -0.2) is 25.2 Å². The predicted molar refractivity (Wildman–Crippen MR) is 91.3 cm³/mol. The maximum absolute atomic E-state index is 5.87. The highest BCUT2D eigenvalue weighted by Gasteiger charge is 2.26. The van der Waals surface area contributed by atoms with Gasteiger partial charge in [-0.05, 0) is 43.0 Å². The fourth-order valence-electron chi connectivity index (χ4n) is 3.14. The summed E-state index contributed by atoms with van der Waals surface area (Å²) in [5.41, 5.74) is 4.78. The Morgan fingerprint density at radius 3 is 2.74 bits per heavy atom. The summed E-state index contributed by atoms with van der Waals surface area (Å²) in [6.07, 6.45) is 3.91. The van der Waals surface area contributed by atoms with Gasteiger partial charge in [0.05, 0.1) is 25.5 Å². The van der Waals surface area contributed by atoms with E-state index in [1.165, 1.54) is 16.7 Å². The zero-order chi connectivity index (χ0) is 16.2. The molecule has 2 heterocycles. The third-order valence-corrected chi connectivity index (χ3v) is 4.36. The molecule has 1 aliphatic heterocycles. The van der Waals surface area contributed by atoms with Gasteiger partial charge in [0.1, 0.15) is 0 Å². The zero-order valence-corrected chi connectivity index (χ0v) is 14.1. The number of hydrogen-bond donors (Lipinski definition) is 1. The third kappa shape index (κ3) is 3.04. The van der Waals surface area contributed by atoms with Gasteiger partial charge in [0.25, 0.3) is 0 Å². The first-order valence-electron chi connectivity index (χ1n) is 8.29. The summed E-state index contributed by atoms with van der Waals surface area (Å²) in [4.78, 5) is 4.66. The second-order valence-corrected chi connectivity index (χ2v) is 5.68. The summed E-state index contributed by atoms with van der Waals surface area (Å²) < 4.78 is 11.3. The summed E-state index contributed by atoms with van der Waals surface area (Å²) >= 11 is 0. The molecule has 4 nitrogen and oxygen atoms in total. The lowest BCUT2D eigenvalue weighted by Crippen LogP contribution is -2.31. The van der Waals surface area contributed by atoms with Crippen molar-refractivity contribution in [2.75, 3.05) is 20.3 Å². The highest BCUT2D eigenvalue weighted by molar-refractivity contribution is 5.54. The van der Waals surface area contributed by atoms with Crippen LogP contribution in [0.3, 0.4) is 0 Å². The SMILES string of the molecule is CCOc1c(OC)ccc2c1CCNC2c1ccc(CC)cn1. The number of aryl methyl sites for hydroxylation is 1. The lowest BCUT2D eigenvalue weighted by molar-refractivity contribution is 0.305. The molecule has 0 radical (unpaired) electrons. The van der Waals surface area contributed by atoms with Gasteiger partial charge in [-0.3, -0.25) is 4.98 Å². The number of methoxy groups -OCH3 is 1. The molecule has 0 aliphatic carbocycles. The molecule has 1 atom stereocenters. The molecule has 1 aromatic heterocycles. The number of fused-ring (bicyclic) bond motifs is 1. The van der Waals surface area contributed by atoms with E-state index >= 15 is 0 Å². The molecule has 1 aliphatic rings. The van der Waals surface area contributed by atoms with Crippen molar-refractivity contribution < 1.29 is 9.47 Å². The quantitative estimate of drug-likeness (QED) is 0.920. The molecule has 0 saturated carbocycles. The Hall–Kier alpha value is -2.07. The normalized spacial score (nSPS) is 16.7. The Bertz CT molecular complexity index is 668. The molecule has 3 rings (SSSR count). The summed E-state index contributed by atoms with van der Waals surface area (Å²) in [6.45, 7) is 5.68. The topological polar surface area (TPSA) is 43.4 Å². The minimum Gasteiger partial charge on any atom is -0.493 e. The maximum atomic E-state index is 5.87. The van der Waals surface area contributed by atoms with Gasteiger partial charge in [-0.25, -0.2) is 0 Å². The molecular weight excluding hydrogens is 288 g/mol. The molecule has 1 unspecified atom stereocenters. The molecule has 0 amide bonds. The molecule has 0 fully saturated rings. The Balaban J connectivity index is 2.03. The fraction of sp³-hybridized carbons (Fsp3) is 0.421. The molecule has 1 aromatic carbocycles. The van der Waals surface area contributed by atoms with Gasteiger partial charge in [-0.1, -0.05) is 19.1 Å². The Labute approximate surface area is 137 Å². The van der Waals surface area contributed by atoms with Crippen molar-refractivity contribution in [3.8, 4) is 11.5 Å². The summed E-state index contributed by atoms with van der Waals surface area (Å²) in [5, 5.41) is 3.58. The molecular formula is C19H24N2O2. The van der Waals surface area contributed by atoms with E-state index < -0.39 is 0 Å². The number of nitrogens with zero attached hydrogens (tertiary/aromatic N) is 1. The zero-order valence-electron chi connectivity index (χ0n) is 14.1. The van der Waals surface area contributed by atoms with Crippen LogP contribution in [0.1, 0.15) is 42.3 Å². The van der Waals surface area contributed by atoms with Crippen molar-refractivity contribution >= 4 is 0 Å². The number of ether oxygens (including phenoxy) is 2. The van der Waals surface area contributed by atoms with Gasteiger partial charge in [-0.15, -0.1) is 0 Å². The van der Waals surface area contributed by atoms with Crippen LogP contribution in [0.4, 0.5) is 0 Å². The van der Waals surface area contributed by atoms with Gasteiger partial charge >= 0.3 is 0 Å². The van der Waals surface area contributed by atoms with Crippen molar-refractivity contribution in [1.82, 2.24) is 10.3 Å². The van der Waals surface area contributed by atoms with E-state index in [4.69, 9.17) is 9.47 Å². The molecule has 122 valence electrons. The van der Waals surface area contributed by atoms with E-state index in [9.17, 15) is 0 Å². The van der Waals surface area contributed by atoms with E-state index in [0.29, 0.717) is 6.61 Å². The second-order valence-electron chi connectivity index (χ2n) is 5.68. The predicted octanol–water partition coefficient (Wildman–Crippen LogP) is 3.29. The largest absolute Gasteiger partial charge is 0.493 e. The Morgan fingerprint density at radius 1 is 1.22 bits per heavy atom. The van der Waals surface area contributed by atoms with Crippen LogP contribution >= 0.6 is 0 Å². The number of benzene rings is 1. The lowest BCUT2D eigenvalue weighted by Gasteiger charge is -2.29. The van der Waals surface area contributed by atoms with E-state index in [1.54, 1.807) is 7.11 Å². The Kier molecular flexibility index (Phi) is 4.82. The lowest BCUT2D eigenvalue weighted by atomic mass is 9.91. The molecule has 2 aromatic rings. The highest BCUT2D eigenvalue weighted by atomic mass is 16.5. The minimum absolute atomic E-state index is 0.106. The average molecular weight is 312 g/mol. The smallest absolute Gasteiger partial charge is 0.164 e. The number of aromatic nitrogens is 1. The summed E-state index contributed by atoms with van der Waals surface area (Å²) in [6, 6.07) is 8.50. The van der Waals surface area contributed by atoms with Crippen molar-refractivity contribution in [2.24, 2.45) is 0 Å². The number of rotatable bonds is 5. The summed E-state index contributed by atoms with van der Waals surface area (Å²) in [5.74, 6) is 1.68. The van der Waals surface area contributed by atoms with Gasteiger partial charge in [-0.2, -0.15) is 0 Å². The van der Waals surface area contributed by atoms with Crippen molar-refractivity contribution in [2.45, 2.75) is 32.7 Å². The number of nitrogens with one attached hydrogen (secondary N) is 1. The number of hydrogen-bond acceptors (Lipinski definition) is 4. The van der Waals surface area contributed by atoms with Crippen LogP contribution in [0.2, 0.25) is 0 Å². The van der Waals surface area contributed by atoms with Gasteiger partial charge in [0.15, 0.2) is 11.5 Å². The fourth-order valence-corrected chi connectivity index (χ4v) is 3.14. The van der Waals surface area contributed by atoms with Crippen LogP contribution in [0.5, 0.6) is 11.5 Å². The van der Waals surface area contributed by atoms with Crippen LogP contribution in [0.15, 0.2) is 30.5 Å². The molecule has 0 spiro atoms. The van der Waals surface area contributed by atoms with Crippen LogP contribution in [0.25, 0.3) is 0 Å². The van der Waals surface area contributed by atoms with Crippen LogP contribution in [-0.2, 0) is 12.8 Å². The highest BCUT2D eigenvalue weighted by Crippen LogP contribution is 2.39.